The number of nitrogens with one attached hydrogen (secondary N) is 1. The van der Waals surface area contributed by atoms with E-state index in [9.17, 15) is 9.59 Å². The number of carboxylic acid groups (broad SMARTS) is 1. The lowest BCUT2D eigenvalue weighted by atomic mass is 10.2. The molecule has 1 aromatic rings. The Morgan fingerprint density at radius 1 is 1.38 bits per heavy atom. The van der Waals surface area contributed by atoms with Crippen LogP contribution >= 0.6 is 0 Å². The number of amides is 1. The van der Waals surface area contributed by atoms with Crippen molar-refractivity contribution in [2.45, 2.75) is 26.2 Å². The standard InChI is InChI=1S/C10H13N3O3/c1-2-3-4-7(14)13-9-8(10(15)16)11-5-6-12-9/h5-6H,2-4H2,1H3,(H,15,16)(H,12,13,14). The zero-order valence-corrected chi connectivity index (χ0v) is 8.93. The SMILES string of the molecule is CCCCC(=O)Nc1nccnc1C(=O)O. The van der Waals surface area contributed by atoms with Gasteiger partial charge in [-0.2, -0.15) is 0 Å². The van der Waals surface area contributed by atoms with E-state index in [0.717, 1.165) is 12.8 Å². The Labute approximate surface area is 92.7 Å². The fraction of sp³-hybridized carbons (Fsp3) is 0.400. The van der Waals surface area contributed by atoms with Gasteiger partial charge in [-0.15, -0.1) is 0 Å². The van der Waals surface area contributed by atoms with Crippen LogP contribution in [0.4, 0.5) is 5.82 Å². The minimum Gasteiger partial charge on any atom is -0.476 e. The monoisotopic (exact) mass is 223 g/mol. The smallest absolute Gasteiger partial charge is 0.358 e. The Hall–Kier alpha value is -1.98. The first-order valence-electron chi connectivity index (χ1n) is 4.99. The van der Waals surface area contributed by atoms with Crippen molar-refractivity contribution in [3.63, 3.8) is 0 Å². The maximum atomic E-state index is 11.4. The molecule has 1 amide bonds. The first-order valence-corrected chi connectivity index (χ1v) is 4.99. The maximum Gasteiger partial charge on any atom is 0.358 e. The molecule has 16 heavy (non-hydrogen) atoms. The molecule has 1 rings (SSSR count). The summed E-state index contributed by atoms with van der Waals surface area (Å²) in [5.41, 5.74) is -0.243. The maximum absolute atomic E-state index is 11.4. The van der Waals surface area contributed by atoms with Gasteiger partial charge in [-0.25, -0.2) is 14.8 Å². The number of hydrogen-bond donors (Lipinski definition) is 2. The molecular weight excluding hydrogens is 210 g/mol. The van der Waals surface area contributed by atoms with E-state index < -0.39 is 5.97 Å². The molecule has 0 saturated carbocycles. The fourth-order valence-corrected chi connectivity index (χ4v) is 1.12. The number of aromatic carboxylic acids is 1. The third-order valence-corrected chi connectivity index (χ3v) is 1.92. The van der Waals surface area contributed by atoms with Gasteiger partial charge in [-0.1, -0.05) is 13.3 Å². The molecule has 1 aromatic heterocycles. The van der Waals surface area contributed by atoms with E-state index in [2.05, 4.69) is 15.3 Å². The topological polar surface area (TPSA) is 92.2 Å². The van der Waals surface area contributed by atoms with Crippen molar-refractivity contribution in [1.29, 1.82) is 0 Å². The highest BCUT2D eigenvalue weighted by Gasteiger charge is 2.14. The third kappa shape index (κ3) is 3.30. The third-order valence-electron chi connectivity index (χ3n) is 1.92. The quantitative estimate of drug-likeness (QED) is 0.784. The van der Waals surface area contributed by atoms with Crippen LogP contribution in [0.3, 0.4) is 0 Å². The molecule has 6 nitrogen and oxygen atoms in total. The number of hydrogen-bond acceptors (Lipinski definition) is 4. The van der Waals surface area contributed by atoms with Gasteiger partial charge in [0, 0.05) is 18.8 Å². The van der Waals surface area contributed by atoms with Gasteiger partial charge in [0.25, 0.3) is 0 Å². The lowest BCUT2D eigenvalue weighted by molar-refractivity contribution is -0.116. The van der Waals surface area contributed by atoms with Crippen molar-refractivity contribution in [1.82, 2.24) is 9.97 Å². The minimum absolute atomic E-state index is 0.00361. The summed E-state index contributed by atoms with van der Waals surface area (Å²) in [5, 5.41) is 11.2. The van der Waals surface area contributed by atoms with E-state index >= 15 is 0 Å². The summed E-state index contributed by atoms with van der Waals surface area (Å²) in [6.07, 6.45) is 4.62. The molecule has 0 unspecified atom stereocenters. The molecule has 0 fully saturated rings. The van der Waals surface area contributed by atoms with Gasteiger partial charge in [-0.3, -0.25) is 4.79 Å². The van der Waals surface area contributed by atoms with Gasteiger partial charge in [-0.05, 0) is 6.42 Å². The summed E-state index contributed by atoms with van der Waals surface area (Å²) in [5.74, 6) is -1.46. The normalized spacial score (nSPS) is 9.81. The molecule has 0 aromatic carbocycles. The molecule has 1 heterocycles. The number of anilines is 1. The average Bonchev–Trinajstić information content (AvgIpc) is 2.27. The van der Waals surface area contributed by atoms with Crippen LogP contribution < -0.4 is 5.32 Å². The first-order chi connectivity index (χ1) is 7.65. The average molecular weight is 223 g/mol. The molecule has 0 aliphatic carbocycles. The van der Waals surface area contributed by atoms with Crippen LogP contribution in [-0.4, -0.2) is 27.0 Å². The summed E-state index contributed by atoms with van der Waals surface area (Å²) in [6.45, 7) is 1.97. The predicted octanol–water partition coefficient (Wildman–Crippen LogP) is 1.30. The summed E-state index contributed by atoms with van der Waals surface area (Å²) in [7, 11) is 0. The molecule has 0 radical (unpaired) electrons. The van der Waals surface area contributed by atoms with E-state index in [1.807, 2.05) is 6.92 Å². The van der Waals surface area contributed by atoms with Crippen LogP contribution in [-0.2, 0) is 4.79 Å². The van der Waals surface area contributed by atoms with E-state index in [1.165, 1.54) is 12.4 Å². The predicted molar refractivity (Wildman–Crippen MR) is 57.1 cm³/mol. The molecule has 6 heteroatoms. The summed E-state index contributed by atoms with van der Waals surface area (Å²) >= 11 is 0. The zero-order valence-electron chi connectivity index (χ0n) is 8.93. The van der Waals surface area contributed by atoms with Crippen LogP contribution in [0.25, 0.3) is 0 Å². The Kier molecular flexibility index (Phi) is 4.38. The molecule has 0 bridgehead atoms. The molecule has 0 saturated heterocycles. The van der Waals surface area contributed by atoms with Crippen molar-refractivity contribution in [2.75, 3.05) is 5.32 Å². The molecule has 0 aliphatic heterocycles. The van der Waals surface area contributed by atoms with Crippen LogP contribution in [0, 0.1) is 0 Å². The molecule has 86 valence electrons. The Bertz CT molecular complexity index is 393. The highest BCUT2D eigenvalue weighted by Crippen LogP contribution is 2.09. The van der Waals surface area contributed by atoms with Gasteiger partial charge in [0.2, 0.25) is 5.91 Å². The number of nitrogens with zero attached hydrogens (tertiary/aromatic N) is 2. The second-order valence-corrected chi connectivity index (χ2v) is 3.21. The highest BCUT2D eigenvalue weighted by atomic mass is 16.4. The van der Waals surface area contributed by atoms with Gasteiger partial charge >= 0.3 is 5.97 Å². The number of carbonyl (C=O) groups is 2. The van der Waals surface area contributed by atoms with Crippen molar-refractivity contribution in [3.05, 3.63) is 18.1 Å². The summed E-state index contributed by atoms with van der Waals surface area (Å²) < 4.78 is 0. The Balaban J connectivity index is 2.73. The molecule has 0 atom stereocenters. The first kappa shape index (κ1) is 12.1. The summed E-state index contributed by atoms with van der Waals surface area (Å²) in [4.78, 5) is 29.5. The van der Waals surface area contributed by atoms with E-state index in [0.29, 0.717) is 6.42 Å². The van der Waals surface area contributed by atoms with Gasteiger partial charge in [0.05, 0.1) is 0 Å². The number of aromatic nitrogens is 2. The van der Waals surface area contributed by atoms with Crippen LogP contribution in [0.2, 0.25) is 0 Å². The van der Waals surface area contributed by atoms with Crippen molar-refractivity contribution in [2.24, 2.45) is 0 Å². The molecule has 0 aliphatic rings. The number of carboxylic acids is 1. The van der Waals surface area contributed by atoms with Crippen LogP contribution in [0.1, 0.15) is 36.7 Å². The number of unbranched alkanes of at least 4 members (excludes halogenated alkanes) is 1. The Morgan fingerprint density at radius 2 is 2.06 bits per heavy atom. The minimum atomic E-state index is -1.21. The molecule has 2 N–H and O–H groups in total. The number of rotatable bonds is 5. The van der Waals surface area contributed by atoms with Gasteiger partial charge in [0.1, 0.15) is 0 Å². The number of carbonyl (C=O) groups excluding carboxylic acids is 1. The Morgan fingerprint density at radius 3 is 2.69 bits per heavy atom. The van der Waals surface area contributed by atoms with Crippen LogP contribution in [0.5, 0.6) is 0 Å². The van der Waals surface area contributed by atoms with E-state index in [1.54, 1.807) is 0 Å². The largest absolute Gasteiger partial charge is 0.476 e. The van der Waals surface area contributed by atoms with E-state index in [4.69, 9.17) is 5.11 Å². The fourth-order valence-electron chi connectivity index (χ4n) is 1.12. The van der Waals surface area contributed by atoms with Crippen LogP contribution in [0.15, 0.2) is 12.4 Å². The second-order valence-electron chi connectivity index (χ2n) is 3.21. The van der Waals surface area contributed by atoms with Gasteiger partial charge in [0.15, 0.2) is 11.5 Å². The lowest BCUT2D eigenvalue weighted by Gasteiger charge is -2.05. The van der Waals surface area contributed by atoms with E-state index in [-0.39, 0.29) is 17.4 Å². The molecular formula is C10H13N3O3. The van der Waals surface area contributed by atoms with Crippen molar-refractivity contribution in [3.8, 4) is 0 Å². The van der Waals surface area contributed by atoms with Crippen molar-refractivity contribution < 1.29 is 14.7 Å². The highest BCUT2D eigenvalue weighted by molar-refractivity contribution is 5.97. The second kappa shape index (κ2) is 5.79. The van der Waals surface area contributed by atoms with Gasteiger partial charge < -0.3 is 10.4 Å². The summed E-state index contributed by atoms with van der Waals surface area (Å²) in [6, 6.07) is 0. The zero-order chi connectivity index (χ0) is 12.0. The molecule has 0 spiro atoms. The lowest BCUT2D eigenvalue weighted by Crippen LogP contribution is -2.16. The van der Waals surface area contributed by atoms with Crippen molar-refractivity contribution >= 4 is 17.7 Å².